The number of nitrogens with one attached hydrogen (secondary N) is 1. The van der Waals surface area contributed by atoms with Crippen LogP contribution in [-0.4, -0.2) is 45.4 Å². The fourth-order valence-electron chi connectivity index (χ4n) is 3.82. The highest BCUT2D eigenvalue weighted by molar-refractivity contribution is 5.93. The molecule has 0 spiro atoms. The predicted molar refractivity (Wildman–Crippen MR) is 120 cm³/mol. The molecule has 0 radical (unpaired) electrons. The first-order chi connectivity index (χ1) is 15.0. The monoisotopic (exact) mass is 420 g/mol. The first-order valence-electron chi connectivity index (χ1n) is 10.5. The van der Waals surface area contributed by atoms with E-state index in [0.717, 1.165) is 41.2 Å². The lowest BCUT2D eigenvalue weighted by molar-refractivity contribution is -0.117. The first-order valence-corrected chi connectivity index (χ1v) is 10.5. The van der Waals surface area contributed by atoms with Gasteiger partial charge in [0.15, 0.2) is 11.5 Å². The molecule has 7 nitrogen and oxygen atoms in total. The van der Waals surface area contributed by atoms with Crippen molar-refractivity contribution in [1.29, 1.82) is 0 Å². The van der Waals surface area contributed by atoms with Crippen molar-refractivity contribution in [1.82, 2.24) is 14.7 Å². The van der Waals surface area contributed by atoms with Gasteiger partial charge < -0.3 is 15.2 Å². The van der Waals surface area contributed by atoms with Gasteiger partial charge in [-0.15, -0.1) is 0 Å². The molecular weight excluding hydrogens is 392 g/mol. The van der Waals surface area contributed by atoms with Crippen molar-refractivity contribution >= 4 is 11.6 Å². The summed E-state index contributed by atoms with van der Waals surface area (Å²) in [6, 6.07) is 15.6. The minimum Gasteiger partial charge on any atom is -0.504 e. The number of carbonyl (C=O) groups excluding carboxylic acids is 1. The molecule has 4 rings (SSSR count). The molecule has 1 saturated carbocycles. The number of para-hydroxylation sites is 1. The van der Waals surface area contributed by atoms with Gasteiger partial charge in [0, 0.05) is 12.6 Å². The zero-order valence-electron chi connectivity index (χ0n) is 18.1. The molecule has 0 unspecified atom stereocenters. The summed E-state index contributed by atoms with van der Waals surface area (Å²) in [5.41, 5.74) is 4.41. The van der Waals surface area contributed by atoms with E-state index in [1.165, 1.54) is 7.11 Å². The van der Waals surface area contributed by atoms with Gasteiger partial charge in [-0.2, -0.15) is 5.10 Å². The third kappa shape index (κ3) is 4.72. The Hall–Kier alpha value is -3.32. The van der Waals surface area contributed by atoms with E-state index in [2.05, 4.69) is 15.3 Å². The average Bonchev–Trinajstić information content (AvgIpc) is 3.58. The lowest BCUT2D eigenvalue weighted by Gasteiger charge is -2.22. The molecule has 1 heterocycles. The largest absolute Gasteiger partial charge is 0.504 e. The Morgan fingerprint density at radius 1 is 1.23 bits per heavy atom. The molecule has 0 saturated heterocycles. The molecule has 3 aromatic rings. The zero-order chi connectivity index (χ0) is 22.0. The SMILES string of the molecule is COc1cc(CN(CC(=O)Nc2c(C)nn(-c3ccccc3)c2C)C2CC2)ccc1O. The van der Waals surface area contributed by atoms with Crippen LogP contribution in [-0.2, 0) is 11.3 Å². The number of rotatable bonds is 8. The van der Waals surface area contributed by atoms with Crippen LogP contribution in [0, 0.1) is 13.8 Å². The number of amides is 1. The van der Waals surface area contributed by atoms with Crippen LogP contribution in [0.4, 0.5) is 5.69 Å². The highest BCUT2D eigenvalue weighted by Gasteiger charge is 2.31. The summed E-state index contributed by atoms with van der Waals surface area (Å²) >= 11 is 0. The second-order valence-electron chi connectivity index (χ2n) is 7.98. The molecule has 1 fully saturated rings. The number of phenolic OH excluding ortho intramolecular Hbond substituents is 1. The maximum atomic E-state index is 12.9. The number of ether oxygens (including phenoxy) is 1. The van der Waals surface area contributed by atoms with Crippen molar-refractivity contribution in [2.45, 2.75) is 39.3 Å². The Kier molecular flexibility index (Phi) is 5.95. The molecule has 31 heavy (non-hydrogen) atoms. The van der Waals surface area contributed by atoms with Crippen LogP contribution in [0.5, 0.6) is 11.5 Å². The summed E-state index contributed by atoms with van der Waals surface area (Å²) in [6.07, 6.45) is 2.18. The number of aromatic nitrogens is 2. The van der Waals surface area contributed by atoms with Gasteiger partial charge >= 0.3 is 0 Å². The molecule has 2 N–H and O–H groups in total. The second-order valence-corrected chi connectivity index (χ2v) is 7.98. The quantitative estimate of drug-likeness (QED) is 0.579. The molecule has 2 aromatic carbocycles. The van der Waals surface area contributed by atoms with Crippen molar-refractivity contribution < 1.29 is 14.6 Å². The average molecular weight is 421 g/mol. The van der Waals surface area contributed by atoms with Crippen LogP contribution >= 0.6 is 0 Å². The number of hydrogen-bond acceptors (Lipinski definition) is 5. The van der Waals surface area contributed by atoms with E-state index in [1.807, 2.05) is 61.0 Å². The van der Waals surface area contributed by atoms with Gasteiger partial charge in [0.1, 0.15) is 0 Å². The van der Waals surface area contributed by atoms with Gasteiger partial charge in [-0.05, 0) is 56.5 Å². The van der Waals surface area contributed by atoms with E-state index in [9.17, 15) is 9.90 Å². The van der Waals surface area contributed by atoms with Crippen molar-refractivity contribution in [3.05, 3.63) is 65.5 Å². The van der Waals surface area contributed by atoms with Crippen molar-refractivity contribution in [3.63, 3.8) is 0 Å². The van der Waals surface area contributed by atoms with E-state index in [-0.39, 0.29) is 11.7 Å². The molecule has 0 atom stereocenters. The summed E-state index contributed by atoms with van der Waals surface area (Å²) in [5, 5.41) is 17.5. The van der Waals surface area contributed by atoms with Gasteiger partial charge in [-0.25, -0.2) is 4.68 Å². The van der Waals surface area contributed by atoms with Gasteiger partial charge in [0.05, 0.1) is 36.4 Å². The number of methoxy groups -OCH3 is 1. The lowest BCUT2D eigenvalue weighted by Crippen LogP contribution is -2.34. The Morgan fingerprint density at radius 2 is 1.97 bits per heavy atom. The Labute approximate surface area is 182 Å². The van der Waals surface area contributed by atoms with E-state index in [0.29, 0.717) is 24.9 Å². The number of phenols is 1. The van der Waals surface area contributed by atoms with Gasteiger partial charge in [0.2, 0.25) is 5.91 Å². The Balaban J connectivity index is 1.47. The molecule has 162 valence electrons. The van der Waals surface area contributed by atoms with Crippen LogP contribution in [0.25, 0.3) is 5.69 Å². The summed E-state index contributed by atoms with van der Waals surface area (Å²) in [6.45, 7) is 4.78. The fourth-order valence-corrected chi connectivity index (χ4v) is 3.82. The third-order valence-electron chi connectivity index (χ3n) is 5.60. The molecule has 0 aliphatic heterocycles. The van der Waals surface area contributed by atoms with Gasteiger partial charge in [-0.3, -0.25) is 9.69 Å². The number of anilines is 1. The van der Waals surface area contributed by atoms with E-state index in [1.54, 1.807) is 6.07 Å². The molecule has 1 aliphatic rings. The third-order valence-corrected chi connectivity index (χ3v) is 5.60. The van der Waals surface area contributed by atoms with Gasteiger partial charge in [0.25, 0.3) is 0 Å². The molecule has 1 aliphatic carbocycles. The van der Waals surface area contributed by atoms with Crippen molar-refractivity contribution in [2.75, 3.05) is 19.0 Å². The van der Waals surface area contributed by atoms with Crippen molar-refractivity contribution in [2.24, 2.45) is 0 Å². The van der Waals surface area contributed by atoms with Crippen molar-refractivity contribution in [3.8, 4) is 17.2 Å². The van der Waals surface area contributed by atoms with E-state index in [4.69, 9.17) is 4.74 Å². The van der Waals surface area contributed by atoms with Crippen LogP contribution in [0.3, 0.4) is 0 Å². The minimum atomic E-state index is -0.0588. The molecule has 7 heteroatoms. The number of carbonyl (C=O) groups is 1. The summed E-state index contributed by atoms with van der Waals surface area (Å²) in [7, 11) is 1.53. The van der Waals surface area contributed by atoms with E-state index < -0.39 is 0 Å². The van der Waals surface area contributed by atoms with Crippen LogP contribution in [0.2, 0.25) is 0 Å². The highest BCUT2D eigenvalue weighted by Crippen LogP contribution is 2.31. The minimum absolute atomic E-state index is 0.0588. The smallest absolute Gasteiger partial charge is 0.238 e. The topological polar surface area (TPSA) is 79.6 Å². The summed E-state index contributed by atoms with van der Waals surface area (Å²) in [5.74, 6) is 0.497. The zero-order valence-corrected chi connectivity index (χ0v) is 18.1. The first kappa shape index (κ1) is 20.9. The number of benzene rings is 2. The molecular formula is C24H28N4O3. The Morgan fingerprint density at radius 3 is 2.65 bits per heavy atom. The summed E-state index contributed by atoms with van der Waals surface area (Å²) < 4.78 is 7.06. The fraction of sp³-hybridized carbons (Fsp3) is 0.333. The molecule has 1 aromatic heterocycles. The van der Waals surface area contributed by atoms with Crippen LogP contribution in [0.15, 0.2) is 48.5 Å². The van der Waals surface area contributed by atoms with Crippen LogP contribution in [0.1, 0.15) is 29.8 Å². The summed E-state index contributed by atoms with van der Waals surface area (Å²) in [4.78, 5) is 15.1. The number of nitrogens with zero attached hydrogens (tertiary/aromatic N) is 3. The lowest BCUT2D eigenvalue weighted by atomic mass is 10.2. The number of aromatic hydroxyl groups is 1. The maximum absolute atomic E-state index is 12.9. The highest BCUT2D eigenvalue weighted by atomic mass is 16.5. The van der Waals surface area contributed by atoms with E-state index >= 15 is 0 Å². The number of hydrogen-bond donors (Lipinski definition) is 2. The Bertz CT molecular complexity index is 1070. The predicted octanol–water partition coefficient (Wildman–Crippen LogP) is 3.81. The normalized spacial score (nSPS) is 13.4. The standard InChI is InChI=1S/C24H28N4O3/c1-16-24(17(2)28(26-16)20-7-5-4-6-8-20)25-23(30)15-27(19-10-11-19)14-18-9-12-21(29)22(13-18)31-3/h4-9,12-13,19,29H,10-11,14-15H2,1-3H3,(H,25,30). The number of aryl methyl sites for hydroxylation is 1. The maximum Gasteiger partial charge on any atom is 0.238 e. The molecule has 0 bridgehead atoms. The van der Waals surface area contributed by atoms with Crippen LogP contribution < -0.4 is 10.1 Å². The second kappa shape index (κ2) is 8.81. The van der Waals surface area contributed by atoms with Gasteiger partial charge in [-0.1, -0.05) is 24.3 Å². The molecule has 1 amide bonds.